The highest BCUT2D eigenvalue weighted by Crippen LogP contribution is 2.47. The summed E-state index contributed by atoms with van der Waals surface area (Å²) in [4.78, 5) is 0. The van der Waals surface area contributed by atoms with E-state index in [-0.39, 0.29) is 0 Å². The van der Waals surface area contributed by atoms with Gasteiger partial charge in [0.15, 0.2) is 0 Å². The number of hydrogen-bond acceptors (Lipinski definition) is 0. The molecule has 1 rings (SSSR count). The minimum Gasteiger partial charge on any atom is -0.101 e. The zero-order valence-corrected chi connectivity index (χ0v) is 14.1. The maximum absolute atomic E-state index is 3.28. The van der Waals surface area contributed by atoms with Crippen LogP contribution in [0.5, 0.6) is 0 Å². The Kier molecular flexibility index (Phi) is 5.67. The van der Waals surface area contributed by atoms with E-state index >= 15 is 0 Å². The molecule has 0 fully saturated rings. The van der Waals surface area contributed by atoms with E-state index in [1.165, 1.54) is 25.5 Å². The smallest absolute Gasteiger partial charge is 0.0501 e. The largest absolute Gasteiger partial charge is 0.101 e. The molecular weight excluding hydrogens is 254 g/mol. The molecule has 0 saturated carbocycles. The van der Waals surface area contributed by atoms with Gasteiger partial charge in [-0.15, -0.1) is 11.8 Å². The van der Waals surface area contributed by atoms with Crippen LogP contribution in [0.15, 0.2) is 11.1 Å². The molecule has 1 heterocycles. The van der Waals surface area contributed by atoms with Gasteiger partial charge in [-0.3, -0.25) is 0 Å². The Morgan fingerprint density at radius 2 is 1.67 bits per heavy atom. The predicted molar refractivity (Wildman–Crippen MR) is 87.7 cm³/mol. The summed E-state index contributed by atoms with van der Waals surface area (Å²) in [6, 6.07) is 0. The monoisotopic (exact) mass is 276 g/mol. The number of rotatable bonds is 3. The standard InChI is InChI=1S/C16H22P2/c1-7-10-18(11-8-2)12-9-16(6)14(4)13(3)15(5)17-16/h9,12H2,1-6H3. The minimum atomic E-state index is -0.415. The lowest BCUT2D eigenvalue weighted by atomic mass is 9.94. The second-order valence-corrected chi connectivity index (χ2v) is 8.48. The molecule has 2 heteroatoms. The first-order valence-electron chi connectivity index (χ1n) is 6.31. The van der Waals surface area contributed by atoms with Gasteiger partial charge in [0.05, 0.1) is 7.92 Å². The molecule has 0 bridgehead atoms. The fourth-order valence-electron chi connectivity index (χ4n) is 2.20. The summed E-state index contributed by atoms with van der Waals surface area (Å²) in [6.07, 6.45) is 2.34. The summed E-state index contributed by atoms with van der Waals surface area (Å²) < 4.78 is 0. The molecule has 0 saturated heterocycles. The summed E-state index contributed by atoms with van der Waals surface area (Å²) >= 11 is 0. The van der Waals surface area contributed by atoms with Crippen LogP contribution in [0, 0.1) is 23.2 Å². The molecule has 1 unspecified atom stereocenters. The zero-order chi connectivity index (χ0) is 13.8. The quantitative estimate of drug-likeness (QED) is 0.499. The number of hydrogen-bond donors (Lipinski definition) is 0. The van der Waals surface area contributed by atoms with E-state index < -0.39 is 7.92 Å². The topological polar surface area (TPSA) is 0 Å². The Morgan fingerprint density at radius 1 is 1.11 bits per heavy atom. The zero-order valence-electron chi connectivity index (χ0n) is 12.3. The van der Waals surface area contributed by atoms with Crippen LogP contribution in [0.1, 0.15) is 48.0 Å². The van der Waals surface area contributed by atoms with E-state index in [2.05, 4.69) is 50.9 Å². The minimum absolute atomic E-state index is 0.319. The normalized spacial score (nSPS) is 23.2. The van der Waals surface area contributed by atoms with Crippen LogP contribution in [0.25, 0.3) is 0 Å². The molecule has 0 amide bonds. The Bertz CT molecular complexity index is 483. The van der Waals surface area contributed by atoms with Gasteiger partial charge in [0.1, 0.15) is 0 Å². The van der Waals surface area contributed by atoms with Gasteiger partial charge in [-0.2, -0.15) is 0 Å². The Labute approximate surface area is 115 Å². The molecule has 18 heavy (non-hydrogen) atoms. The fourth-order valence-corrected chi connectivity index (χ4v) is 5.50. The highest BCUT2D eigenvalue weighted by atomic mass is 31.1. The highest BCUT2D eigenvalue weighted by Gasteiger charge is 2.31. The van der Waals surface area contributed by atoms with Crippen molar-refractivity contribution >= 4 is 21.4 Å². The Morgan fingerprint density at radius 3 is 2.06 bits per heavy atom. The van der Waals surface area contributed by atoms with Crippen molar-refractivity contribution in [2.45, 2.75) is 53.1 Å². The van der Waals surface area contributed by atoms with E-state index in [0.29, 0.717) is 5.16 Å². The third kappa shape index (κ3) is 3.48. The first kappa shape index (κ1) is 15.5. The summed E-state index contributed by atoms with van der Waals surface area (Å²) in [6.45, 7) is 13.0. The van der Waals surface area contributed by atoms with E-state index in [0.717, 1.165) is 6.16 Å². The molecule has 1 aliphatic heterocycles. The van der Waals surface area contributed by atoms with Crippen molar-refractivity contribution in [2.75, 3.05) is 6.16 Å². The van der Waals surface area contributed by atoms with Crippen molar-refractivity contribution in [1.29, 1.82) is 0 Å². The third-order valence-electron chi connectivity index (χ3n) is 3.64. The van der Waals surface area contributed by atoms with Crippen LogP contribution in [0.3, 0.4) is 0 Å². The Hall–Kier alpha value is -0.540. The highest BCUT2D eigenvalue weighted by molar-refractivity contribution is 7.67. The Balaban J connectivity index is 2.79. The third-order valence-corrected chi connectivity index (χ3v) is 7.02. The van der Waals surface area contributed by atoms with E-state index in [1.807, 2.05) is 13.8 Å². The van der Waals surface area contributed by atoms with Crippen LogP contribution in [0.4, 0.5) is 0 Å². The summed E-state index contributed by atoms with van der Waals surface area (Å²) in [5, 5.41) is 1.85. The van der Waals surface area contributed by atoms with E-state index in [9.17, 15) is 0 Å². The molecule has 0 radical (unpaired) electrons. The average molecular weight is 276 g/mol. The van der Waals surface area contributed by atoms with Crippen molar-refractivity contribution in [3.8, 4) is 23.2 Å². The maximum atomic E-state index is 3.28. The van der Waals surface area contributed by atoms with Gasteiger partial charge in [-0.25, -0.2) is 0 Å². The maximum Gasteiger partial charge on any atom is 0.0501 e. The van der Waals surface area contributed by atoms with Crippen LogP contribution < -0.4 is 0 Å². The molecule has 0 spiro atoms. The summed E-state index contributed by atoms with van der Waals surface area (Å²) in [7, 11) is 1.07. The lowest BCUT2D eigenvalue weighted by Gasteiger charge is -2.24. The van der Waals surface area contributed by atoms with Gasteiger partial charge in [-0.05, 0) is 65.0 Å². The molecule has 0 aromatic heterocycles. The lowest BCUT2D eigenvalue weighted by molar-refractivity contribution is 0.716. The van der Waals surface area contributed by atoms with Crippen molar-refractivity contribution in [1.82, 2.24) is 0 Å². The van der Waals surface area contributed by atoms with Crippen LogP contribution >= 0.6 is 16.1 Å². The molecule has 0 nitrogen and oxygen atoms in total. The molecule has 0 aromatic carbocycles. The first-order valence-corrected chi connectivity index (χ1v) is 8.74. The van der Waals surface area contributed by atoms with Gasteiger partial charge in [0, 0.05) is 5.16 Å². The molecule has 0 aliphatic carbocycles. The first-order chi connectivity index (χ1) is 8.44. The summed E-state index contributed by atoms with van der Waals surface area (Å²) in [5.41, 5.74) is 9.62. The SMILES string of the molecule is CC#CP(C#CC)CCC1(C)P=C(C)C(C)=C1C. The molecule has 0 aromatic rings. The van der Waals surface area contributed by atoms with Crippen molar-refractivity contribution in [2.24, 2.45) is 0 Å². The average Bonchev–Trinajstić information content (AvgIpc) is 2.52. The molecular formula is C16H22P2. The van der Waals surface area contributed by atoms with Crippen LogP contribution in [-0.4, -0.2) is 16.6 Å². The van der Waals surface area contributed by atoms with Gasteiger partial charge in [0.25, 0.3) is 0 Å². The molecule has 0 N–H and O–H groups in total. The number of allylic oxidation sites excluding steroid dienone is 2. The molecule has 1 atom stereocenters. The fraction of sp³-hybridized carbons (Fsp3) is 0.562. The van der Waals surface area contributed by atoms with Crippen LogP contribution in [-0.2, 0) is 0 Å². The van der Waals surface area contributed by atoms with Gasteiger partial charge >= 0.3 is 0 Å². The summed E-state index contributed by atoms with van der Waals surface area (Å²) in [5.74, 6) is 6.05. The van der Waals surface area contributed by atoms with Crippen LogP contribution in [0.2, 0.25) is 0 Å². The van der Waals surface area contributed by atoms with Gasteiger partial charge in [0.2, 0.25) is 0 Å². The predicted octanol–water partition coefficient (Wildman–Crippen LogP) is 5.07. The van der Waals surface area contributed by atoms with E-state index in [1.54, 1.807) is 5.57 Å². The lowest BCUT2D eigenvalue weighted by Crippen LogP contribution is -2.18. The van der Waals surface area contributed by atoms with E-state index in [4.69, 9.17) is 0 Å². The van der Waals surface area contributed by atoms with Gasteiger partial charge in [-0.1, -0.05) is 25.1 Å². The van der Waals surface area contributed by atoms with Gasteiger partial charge < -0.3 is 0 Å². The van der Waals surface area contributed by atoms with Crippen molar-refractivity contribution in [3.05, 3.63) is 11.1 Å². The molecule has 1 aliphatic rings. The second kappa shape index (κ2) is 6.58. The second-order valence-electron chi connectivity index (χ2n) is 4.85. The van der Waals surface area contributed by atoms with Crippen molar-refractivity contribution in [3.63, 3.8) is 0 Å². The molecule has 96 valence electrons. The van der Waals surface area contributed by atoms with Crippen molar-refractivity contribution < 1.29 is 0 Å².